The van der Waals surface area contributed by atoms with Crippen LogP contribution < -0.4 is 4.74 Å². The highest BCUT2D eigenvalue weighted by Crippen LogP contribution is 2.26. The fourth-order valence-corrected chi connectivity index (χ4v) is 1.40. The largest absolute Gasteiger partial charge is 0.436 e. The van der Waals surface area contributed by atoms with Gasteiger partial charge in [0.2, 0.25) is 0 Å². The van der Waals surface area contributed by atoms with E-state index in [1.165, 1.54) is 6.20 Å². The number of aromatic nitrogens is 2. The molecular formula is C10H6BrClN2O. The van der Waals surface area contributed by atoms with Crippen LogP contribution in [-0.2, 0) is 0 Å². The van der Waals surface area contributed by atoms with Crippen LogP contribution in [-0.4, -0.2) is 9.97 Å². The summed E-state index contributed by atoms with van der Waals surface area (Å²) in [5.74, 6) is 0.962. The zero-order valence-corrected chi connectivity index (χ0v) is 9.86. The third-order valence-corrected chi connectivity index (χ3v) is 2.27. The Morgan fingerprint density at radius 2 is 1.93 bits per heavy atom. The minimum absolute atomic E-state index is 0.238. The van der Waals surface area contributed by atoms with Gasteiger partial charge in [-0.2, -0.15) is 0 Å². The number of halogens is 2. The van der Waals surface area contributed by atoms with Crippen LogP contribution in [0.3, 0.4) is 0 Å². The van der Waals surface area contributed by atoms with Gasteiger partial charge < -0.3 is 4.74 Å². The van der Waals surface area contributed by atoms with Gasteiger partial charge in [0.15, 0.2) is 5.15 Å². The summed E-state index contributed by atoms with van der Waals surface area (Å²) in [6.45, 7) is 0. The summed E-state index contributed by atoms with van der Waals surface area (Å²) in [5, 5.41) is 0.238. The maximum Gasteiger partial charge on any atom is 0.258 e. The van der Waals surface area contributed by atoms with Gasteiger partial charge in [0, 0.05) is 0 Å². The van der Waals surface area contributed by atoms with Crippen LogP contribution in [0.1, 0.15) is 0 Å². The van der Waals surface area contributed by atoms with E-state index in [4.69, 9.17) is 16.3 Å². The lowest BCUT2D eigenvalue weighted by molar-refractivity contribution is 0.459. The standard InChI is InChI=1S/C10H6BrClN2O/c11-8-6-13-9(12)10(14-8)15-7-4-2-1-3-5-7/h1-6H. The van der Waals surface area contributed by atoms with Gasteiger partial charge in [-0.05, 0) is 28.1 Å². The van der Waals surface area contributed by atoms with Crippen molar-refractivity contribution < 1.29 is 4.74 Å². The second-order valence-corrected chi connectivity index (χ2v) is 3.87. The number of hydrogen-bond donors (Lipinski definition) is 0. The highest BCUT2D eigenvalue weighted by molar-refractivity contribution is 9.10. The quantitative estimate of drug-likeness (QED) is 0.844. The Labute approximate surface area is 100 Å². The van der Waals surface area contributed by atoms with E-state index in [-0.39, 0.29) is 11.0 Å². The minimum atomic E-state index is 0.238. The van der Waals surface area contributed by atoms with Crippen molar-refractivity contribution >= 4 is 27.5 Å². The second kappa shape index (κ2) is 4.59. The van der Waals surface area contributed by atoms with Gasteiger partial charge in [0.25, 0.3) is 5.88 Å². The highest BCUT2D eigenvalue weighted by Gasteiger charge is 2.06. The molecule has 0 fully saturated rings. The monoisotopic (exact) mass is 284 g/mol. The van der Waals surface area contributed by atoms with Gasteiger partial charge >= 0.3 is 0 Å². The van der Waals surface area contributed by atoms with Crippen molar-refractivity contribution in [3.63, 3.8) is 0 Å². The number of hydrogen-bond acceptors (Lipinski definition) is 3. The van der Waals surface area contributed by atoms with Crippen molar-refractivity contribution in [3.05, 3.63) is 46.3 Å². The number of para-hydroxylation sites is 1. The Morgan fingerprint density at radius 1 is 1.20 bits per heavy atom. The first kappa shape index (κ1) is 10.4. The number of ether oxygens (including phenoxy) is 1. The van der Waals surface area contributed by atoms with Gasteiger partial charge in [0.1, 0.15) is 10.4 Å². The smallest absolute Gasteiger partial charge is 0.258 e. The summed E-state index contributed by atoms with van der Waals surface area (Å²) in [7, 11) is 0. The molecule has 5 heteroatoms. The second-order valence-electron chi connectivity index (χ2n) is 2.70. The summed E-state index contributed by atoms with van der Waals surface area (Å²) < 4.78 is 6.04. The molecule has 0 saturated carbocycles. The fraction of sp³-hybridized carbons (Fsp3) is 0. The zero-order valence-electron chi connectivity index (χ0n) is 7.52. The maximum atomic E-state index is 5.83. The normalized spacial score (nSPS) is 10.0. The summed E-state index contributed by atoms with van der Waals surface area (Å²) in [6, 6.07) is 9.28. The minimum Gasteiger partial charge on any atom is -0.436 e. The average Bonchev–Trinajstić information content (AvgIpc) is 2.25. The van der Waals surface area contributed by atoms with Gasteiger partial charge in [-0.15, -0.1) is 0 Å². The molecule has 15 heavy (non-hydrogen) atoms. The molecule has 0 spiro atoms. The molecule has 0 saturated heterocycles. The van der Waals surface area contributed by atoms with Crippen molar-refractivity contribution in [1.29, 1.82) is 0 Å². The number of benzene rings is 1. The Hall–Kier alpha value is -1.13. The van der Waals surface area contributed by atoms with E-state index in [9.17, 15) is 0 Å². The SMILES string of the molecule is Clc1ncc(Br)nc1Oc1ccccc1. The van der Waals surface area contributed by atoms with Gasteiger partial charge in [-0.1, -0.05) is 29.8 Å². The average molecular weight is 286 g/mol. The summed E-state index contributed by atoms with van der Waals surface area (Å²) >= 11 is 9.02. The van der Waals surface area contributed by atoms with E-state index in [2.05, 4.69) is 25.9 Å². The van der Waals surface area contributed by atoms with E-state index in [0.717, 1.165) is 0 Å². The van der Waals surface area contributed by atoms with Gasteiger partial charge in [-0.3, -0.25) is 0 Å². The molecule has 0 bridgehead atoms. The topological polar surface area (TPSA) is 35.0 Å². The van der Waals surface area contributed by atoms with E-state index in [1.54, 1.807) is 0 Å². The summed E-state index contributed by atoms with van der Waals surface area (Å²) in [5.41, 5.74) is 0. The Bertz CT molecular complexity index is 464. The lowest BCUT2D eigenvalue weighted by Crippen LogP contribution is -1.91. The highest BCUT2D eigenvalue weighted by atomic mass is 79.9. The molecule has 0 unspecified atom stereocenters. The van der Waals surface area contributed by atoms with Crippen molar-refractivity contribution in [2.75, 3.05) is 0 Å². The van der Waals surface area contributed by atoms with Crippen molar-refractivity contribution in [3.8, 4) is 11.6 Å². The zero-order chi connectivity index (χ0) is 10.7. The number of rotatable bonds is 2. The molecule has 0 radical (unpaired) electrons. The molecular weight excluding hydrogens is 279 g/mol. The van der Waals surface area contributed by atoms with Crippen molar-refractivity contribution in [2.45, 2.75) is 0 Å². The lowest BCUT2D eigenvalue weighted by Gasteiger charge is -2.05. The maximum absolute atomic E-state index is 5.83. The third kappa shape index (κ3) is 2.67. The molecule has 76 valence electrons. The third-order valence-electron chi connectivity index (χ3n) is 1.63. The lowest BCUT2D eigenvalue weighted by atomic mass is 10.3. The van der Waals surface area contributed by atoms with E-state index >= 15 is 0 Å². The molecule has 0 aliphatic heterocycles. The Morgan fingerprint density at radius 3 is 2.67 bits per heavy atom. The van der Waals surface area contributed by atoms with Gasteiger partial charge in [-0.25, -0.2) is 9.97 Å². The summed E-state index contributed by atoms with van der Waals surface area (Å²) in [6.07, 6.45) is 1.51. The Balaban J connectivity index is 2.28. The molecule has 2 aromatic rings. The molecule has 0 aliphatic carbocycles. The van der Waals surface area contributed by atoms with Crippen LogP contribution in [0.4, 0.5) is 0 Å². The fourth-order valence-electron chi connectivity index (χ4n) is 1.00. The van der Waals surface area contributed by atoms with Crippen LogP contribution in [0.25, 0.3) is 0 Å². The van der Waals surface area contributed by atoms with Crippen molar-refractivity contribution in [1.82, 2.24) is 9.97 Å². The van der Waals surface area contributed by atoms with Crippen LogP contribution >= 0.6 is 27.5 Å². The molecule has 0 N–H and O–H groups in total. The van der Waals surface area contributed by atoms with Crippen LogP contribution in [0.2, 0.25) is 5.15 Å². The van der Waals surface area contributed by atoms with Crippen LogP contribution in [0.5, 0.6) is 11.6 Å². The molecule has 3 nitrogen and oxygen atoms in total. The first-order chi connectivity index (χ1) is 7.25. The molecule has 0 amide bonds. The van der Waals surface area contributed by atoms with Crippen LogP contribution in [0, 0.1) is 0 Å². The molecule has 2 rings (SSSR count). The predicted octanol–water partition coefficient (Wildman–Crippen LogP) is 3.68. The Kier molecular flexibility index (Phi) is 3.18. The molecule has 1 heterocycles. The summed E-state index contributed by atoms with van der Waals surface area (Å²) in [4.78, 5) is 7.97. The molecule has 1 aromatic carbocycles. The van der Waals surface area contributed by atoms with E-state index in [0.29, 0.717) is 10.4 Å². The molecule has 1 aromatic heterocycles. The molecule has 0 atom stereocenters. The first-order valence-corrected chi connectivity index (χ1v) is 5.34. The first-order valence-electron chi connectivity index (χ1n) is 4.16. The van der Waals surface area contributed by atoms with Crippen LogP contribution in [0.15, 0.2) is 41.1 Å². The van der Waals surface area contributed by atoms with E-state index < -0.39 is 0 Å². The predicted molar refractivity (Wildman–Crippen MR) is 61.3 cm³/mol. The van der Waals surface area contributed by atoms with Crippen molar-refractivity contribution in [2.24, 2.45) is 0 Å². The molecule has 0 aliphatic rings. The van der Waals surface area contributed by atoms with Gasteiger partial charge in [0.05, 0.1) is 6.20 Å². The number of nitrogens with zero attached hydrogens (tertiary/aromatic N) is 2. The van der Waals surface area contributed by atoms with E-state index in [1.807, 2.05) is 30.3 Å².